The molecule has 2 saturated heterocycles. The highest BCUT2D eigenvalue weighted by Gasteiger charge is 2.47. The third-order valence-electron chi connectivity index (χ3n) is 7.13. The number of piperidine rings is 1. The maximum absolute atomic E-state index is 13.3. The third kappa shape index (κ3) is 5.95. The van der Waals surface area contributed by atoms with E-state index in [9.17, 15) is 9.59 Å². The van der Waals surface area contributed by atoms with E-state index in [1.165, 1.54) is 7.11 Å². The molecule has 34 heavy (non-hydrogen) atoms. The maximum atomic E-state index is 13.3. The minimum absolute atomic E-state index is 0.0357. The van der Waals surface area contributed by atoms with Crippen molar-refractivity contribution in [2.45, 2.75) is 38.3 Å². The fraction of sp³-hybridized carbons (Fsp3) is 0.500. The second-order valence-electron chi connectivity index (χ2n) is 9.35. The number of amides is 2. The van der Waals surface area contributed by atoms with Gasteiger partial charge in [0, 0.05) is 44.2 Å². The van der Waals surface area contributed by atoms with E-state index < -0.39 is 0 Å². The number of likely N-dealkylation sites (tertiary alicyclic amines) is 2. The number of ether oxygens (including phenoxy) is 1. The smallest absolute Gasteiger partial charge is 0.246 e. The van der Waals surface area contributed by atoms with Crippen LogP contribution in [0.15, 0.2) is 48.8 Å². The largest absolute Gasteiger partial charge is 0.375 e. The zero-order valence-corrected chi connectivity index (χ0v) is 20.5. The SMILES string of the molecule is COCC(=O)NC(CCN1CCC2(CC1)CCN(Cc1cccnc1)C2=O)c1ccc(Cl)cc1. The Balaban J connectivity index is 1.31. The van der Waals surface area contributed by atoms with Gasteiger partial charge in [-0.2, -0.15) is 0 Å². The summed E-state index contributed by atoms with van der Waals surface area (Å²) in [5, 5.41) is 3.75. The molecule has 2 aromatic rings. The number of rotatable bonds is 9. The van der Waals surface area contributed by atoms with Crippen LogP contribution in [-0.2, 0) is 20.9 Å². The van der Waals surface area contributed by atoms with Crippen LogP contribution >= 0.6 is 11.6 Å². The summed E-state index contributed by atoms with van der Waals surface area (Å²) in [6.45, 7) is 4.13. The first kappa shape index (κ1) is 24.6. The Hall–Kier alpha value is -2.48. The van der Waals surface area contributed by atoms with Crippen molar-refractivity contribution in [1.82, 2.24) is 20.1 Å². The summed E-state index contributed by atoms with van der Waals surface area (Å²) in [6.07, 6.45) is 7.08. The van der Waals surface area contributed by atoms with Gasteiger partial charge in [0.1, 0.15) is 6.61 Å². The number of carbonyl (C=O) groups is 2. The van der Waals surface area contributed by atoms with Crippen molar-refractivity contribution in [1.29, 1.82) is 0 Å². The minimum atomic E-state index is -0.221. The minimum Gasteiger partial charge on any atom is -0.375 e. The van der Waals surface area contributed by atoms with Crippen LogP contribution in [0.5, 0.6) is 0 Å². The molecule has 7 nitrogen and oxygen atoms in total. The molecule has 8 heteroatoms. The zero-order valence-electron chi connectivity index (χ0n) is 19.7. The molecule has 2 fully saturated rings. The van der Waals surface area contributed by atoms with Gasteiger partial charge in [-0.05, 0) is 68.1 Å². The number of benzene rings is 1. The van der Waals surface area contributed by atoms with E-state index in [0.717, 1.165) is 63.0 Å². The van der Waals surface area contributed by atoms with Crippen LogP contribution in [-0.4, -0.2) is 66.5 Å². The van der Waals surface area contributed by atoms with Crippen LogP contribution in [0.2, 0.25) is 5.02 Å². The summed E-state index contributed by atoms with van der Waals surface area (Å²) in [7, 11) is 1.52. The predicted octanol–water partition coefficient (Wildman–Crippen LogP) is 3.44. The lowest BCUT2D eigenvalue weighted by atomic mass is 9.77. The van der Waals surface area contributed by atoms with Crippen LogP contribution in [0.4, 0.5) is 0 Å². The molecular weight excluding hydrogens is 452 g/mol. The molecule has 1 unspecified atom stereocenters. The Morgan fingerprint density at radius 1 is 1.18 bits per heavy atom. The van der Waals surface area contributed by atoms with Crippen molar-refractivity contribution in [3.05, 3.63) is 64.9 Å². The summed E-state index contributed by atoms with van der Waals surface area (Å²) in [4.78, 5) is 34.0. The first-order chi connectivity index (χ1) is 16.5. The number of halogens is 1. The number of methoxy groups -OCH3 is 1. The molecule has 1 atom stereocenters. The molecule has 0 aliphatic carbocycles. The maximum Gasteiger partial charge on any atom is 0.246 e. The lowest BCUT2D eigenvalue weighted by molar-refractivity contribution is -0.139. The predicted molar refractivity (Wildman–Crippen MR) is 131 cm³/mol. The summed E-state index contributed by atoms with van der Waals surface area (Å²) in [5.74, 6) is 0.159. The molecule has 4 rings (SSSR count). The molecular formula is C26H33ClN4O3. The Bertz CT molecular complexity index is 962. The molecule has 0 saturated carbocycles. The van der Waals surface area contributed by atoms with Gasteiger partial charge in [-0.1, -0.05) is 29.8 Å². The lowest BCUT2D eigenvalue weighted by Crippen LogP contribution is -2.45. The van der Waals surface area contributed by atoms with Crippen molar-refractivity contribution in [2.24, 2.45) is 5.41 Å². The molecule has 2 aliphatic heterocycles. The van der Waals surface area contributed by atoms with E-state index in [4.69, 9.17) is 16.3 Å². The van der Waals surface area contributed by atoms with Gasteiger partial charge >= 0.3 is 0 Å². The van der Waals surface area contributed by atoms with Crippen molar-refractivity contribution in [3.63, 3.8) is 0 Å². The summed E-state index contributed by atoms with van der Waals surface area (Å²) < 4.78 is 4.98. The fourth-order valence-electron chi connectivity index (χ4n) is 5.12. The molecule has 3 heterocycles. The van der Waals surface area contributed by atoms with E-state index in [2.05, 4.69) is 15.2 Å². The fourth-order valence-corrected chi connectivity index (χ4v) is 5.25. The molecule has 1 aromatic carbocycles. The van der Waals surface area contributed by atoms with Crippen molar-refractivity contribution >= 4 is 23.4 Å². The van der Waals surface area contributed by atoms with Gasteiger partial charge < -0.3 is 19.9 Å². The highest BCUT2D eigenvalue weighted by atomic mass is 35.5. The number of aromatic nitrogens is 1. The lowest BCUT2D eigenvalue weighted by Gasteiger charge is -2.38. The van der Waals surface area contributed by atoms with Gasteiger partial charge in [0.05, 0.1) is 11.5 Å². The highest BCUT2D eigenvalue weighted by molar-refractivity contribution is 6.30. The van der Waals surface area contributed by atoms with E-state index in [1.54, 1.807) is 6.20 Å². The van der Waals surface area contributed by atoms with Gasteiger partial charge in [0.2, 0.25) is 11.8 Å². The Morgan fingerprint density at radius 2 is 1.91 bits per heavy atom. The molecule has 2 aliphatic rings. The Kier molecular flexibility index (Phi) is 8.19. The second kappa shape index (κ2) is 11.3. The molecule has 0 radical (unpaired) electrons. The first-order valence-corrected chi connectivity index (χ1v) is 12.3. The van der Waals surface area contributed by atoms with E-state index >= 15 is 0 Å². The molecule has 1 spiro atoms. The van der Waals surface area contributed by atoms with Crippen molar-refractivity contribution < 1.29 is 14.3 Å². The molecule has 1 aromatic heterocycles. The van der Waals surface area contributed by atoms with Gasteiger partial charge in [-0.25, -0.2) is 0 Å². The number of carbonyl (C=O) groups excluding carboxylic acids is 2. The summed E-state index contributed by atoms with van der Waals surface area (Å²) >= 11 is 6.05. The average molecular weight is 485 g/mol. The Labute approximate surface area is 206 Å². The van der Waals surface area contributed by atoms with Gasteiger partial charge in [-0.15, -0.1) is 0 Å². The van der Waals surface area contributed by atoms with Crippen molar-refractivity contribution in [2.75, 3.05) is 39.9 Å². The number of hydrogen-bond acceptors (Lipinski definition) is 5. The number of pyridine rings is 1. The number of hydrogen-bond donors (Lipinski definition) is 1. The van der Waals surface area contributed by atoms with E-state index in [0.29, 0.717) is 17.5 Å². The van der Waals surface area contributed by atoms with Gasteiger partial charge in [-0.3, -0.25) is 14.6 Å². The standard InChI is InChI=1S/C26H33ClN4O3/c1-34-19-24(32)29-23(21-4-6-22(27)7-5-21)8-13-30-14-9-26(10-15-30)11-16-31(25(26)33)18-20-3-2-12-28-17-20/h2-7,12,17,23H,8-11,13-16,18-19H2,1H3,(H,29,32). The molecule has 0 bridgehead atoms. The summed E-state index contributed by atoms with van der Waals surface area (Å²) in [6, 6.07) is 11.4. The molecule has 1 N–H and O–H groups in total. The van der Waals surface area contributed by atoms with Crippen LogP contribution < -0.4 is 5.32 Å². The third-order valence-corrected chi connectivity index (χ3v) is 7.38. The average Bonchev–Trinajstić information content (AvgIpc) is 3.14. The topological polar surface area (TPSA) is 74.8 Å². The van der Waals surface area contributed by atoms with Crippen LogP contribution in [0, 0.1) is 5.41 Å². The molecule has 182 valence electrons. The molecule has 2 amide bonds. The first-order valence-electron chi connectivity index (χ1n) is 11.9. The second-order valence-corrected chi connectivity index (χ2v) is 9.79. The summed E-state index contributed by atoms with van der Waals surface area (Å²) in [5.41, 5.74) is 1.88. The van der Waals surface area contributed by atoms with Crippen LogP contribution in [0.1, 0.15) is 42.9 Å². The normalized spacial score (nSPS) is 18.9. The van der Waals surface area contributed by atoms with E-state index in [-0.39, 0.29) is 24.0 Å². The van der Waals surface area contributed by atoms with Gasteiger partial charge in [0.25, 0.3) is 0 Å². The Morgan fingerprint density at radius 3 is 2.59 bits per heavy atom. The van der Waals surface area contributed by atoms with E-state index in [1.807, 2.05) is 47.5 Å². The monoisotopic (exact) mass is 484 g/mol. The van der Waals surface area contributed by atoms with Crippen LogP contribution in [0.25, 0.3) is 0 Å². The van der Waals surface area contributed by atoms with Gasteiger partial charge in [0.15, 0.2) is 0 Å². The highest BCUT2D eigenvalue weighted by Crippen LogP contribution is 2.42. The quantitative estimate of drug-likeness (QED) is 0.590. The number of nitrogens with zero attached hydrogens (tertiary/aromatic N) is 3. The van der Waals surface area contributed by atoms with Crippen molar-refractivity contribution in [3.8, 4) is 0 Å². The zero-order chi connectivity index (χ0) is 24.0. The number of nitrogens with one attached hydrogen (secondary N) is 1. The van der Waals surface area contributed by atoms with Crippen LogP contribution in [0.3, 0.4) is 0 Å².